The van der Waals surface area contributed by atoms with Crippen LogP contribution < -0.4 is 5.32 Å². The van der Waals surface area contributed by atoms with Gasteiger partial charge in [0, 0.05) is 34.0 Å². The number of hydrogen-bond acceptors (Lipinski definition) is 7. The van der Waals surface area contributed by atoms with Crippen LogP contribution in [0.15, 0.2) is 42.5 Å². The van der Waals surface area contributed by atoms with Crippen LogP contribution in [0.3, 0.4) is 0 Å². The number of halogens is 1. The second-order valence-corrected chi connectivity index (χ2v) is 7.76. The molecule has 1 amide bonds. The SMILES string of the molecule is COC(=O)c1cc(C(=O)Nc2nc(C)c(Cc3ccccc3Cl)s2)cc([N+](=O)[O-])c1. The number of non-ortho nitro benzene ring substituents is 1. The third-order valence-corrected chi connectivity index (χ3v) is 5.68. The zero-order chi connectivity index (χ0) is 21.8. The number of amides is 1. The van der Waals surface area contributed by atoms with Crippen LogP contribution in [0.5, 0.6) is 0 Å². The number of nitro groups is 1. The van der Waals surface area contributed by atoms with E-state index in [0.717, 1.165) is 35.4 Å². The smallest absolute Gasteiger partial charge is 0.338 e. The highest BCUT2D eigenvalue weighted by atomic mass is 35.5. The van der Waals surface area contributed by atoms with Gasteiger partial charge < -0.3 is 4.74 Å². The molecule has 8 nitrogen and oxygen atoms in total. The molecule has 0 aliphatic carbocycles. The van der Waals surface area contributed by atoms with Crippen molar-refractivity contribution >= 4 is 45.6 Å². The quantitative estimate of drug-likeness (QED) is 0.336. The summed E-state index contributed by atoms with van der Waals surface area (Å²) in [5, 5.41) is 14.8. The molecule has 0 radical (unpaired) electrons. The van der Waals surface area contributed by atoms with Gasteiger partial charge in [-0.3, -0.25) is 20.2 Å². The first-order valence-electron chi connectivity index (χ1n) is 8.67. The molecule has 0 bridgehead atoms. The topological polar surface area (TPSA) is 111 Å². The first-order valence-corrected chi connectivity index (χ1v) is 9.86. The van der Waals surface area contributed by atoms with Gasteiger partial charge in [-0.05, 0) is 24.6 Å². The minimum atomic E-state index is -0.778. The van der Waals surface area contributed by atoms with E-state index in [2.05, 4.69) is 15.0 Å². The van der Waals surface area contributed by atoms with Crippen LogP contribution in [0.25, 0.3) is 0 Å². The van der Waals surface area contributed by atoms with Gasteiger partial charge in [-0.1, -0.05) is 29.8 Å². The fraction of sp³-hybridized carbons (Fsp3) is 0.150. The second-order valence-electron chi connectivity index (χ2n) is 6.27. The Bertz CT molecular complexity index is 1150. The van der Waals surface area contributed by atoms with Crippen LogP contribution >= 0.6 is 22.9 Å². The molecule has 10 heteroatoms. The Morgan fingerprint density at radius 3 is 2.60 bits per heavy atom. The van der Waals surface area contributed by atoms with E-state index in [0.29, 0.717) is 16.6 Å². The molecule has 3 aromatic rings. The van der Waals surface area contributed by atoms with Gasteiger partial charge >= 0.3 is 5.97 Å². The van der Waals surface area contributed by atoms with Crippen LogP contribution in [0, 0.1) is 17.0 Å². The fourth-order valence-electron chi connectivity index (χ4n) is 2.71. The molecule has 1 heterocycles. The van der Waals surface area contributed by atoms with Crippen molar-refractivity contribution in [2.45, 2.75) is 13.3 Å². The minimum absolute atomic E-state index is 0.0508. The van der Waals surface area contributed by atoms with Gasteiger partial charge in [0.1, 0.15) is 0 Å². The molecule has 0 atom stereocenters. The third kappa shape index (κ3) is 4.81. The van der Waals surface area contributed by atoms with Crippen molar-refractivity contribution in [3.05, 3.63) is 84.9 Å². The highest BCUT2D eigenvalue weighted by Crippen LogP contribution is 2.28. The highest BCUT2D eigenvalue weighted by molar-refractivity contribution is 7.15. The molecule has 0 unspecified atom stereocenters. The number of nitrogens with zero attached hydrogens (tertiary/aromatic N) is 2. The monoisotopic (exact) mass is 445 g/mol. The number of benzene rings is 2. The second kappa shape index (κ2) is 9.02. The number of esters is 1. The summed E-state index contributed by atoms with van der Waals surface area (Å²) in [6, 6.07) is 10.8. The standard InChI is InChI=1S/C20H16ClN3O5S/c1-11-17(10-12-5-3-4-6-16(12)21)30-20(22-11)23-18(25)13-7-14(19(26)29-2)9-15(8-13)24(27)28/h3-9H,10H2,1-2H3,(H,22,23,25). The van der Waals surface area contributed by atoms with E-state index >= 15 is 0 Å². The van der Waals surface area contributed by atoms with Gasteiger partial charge in [-0.15, -0.1) is 11.3 Å². The maximum Gasteiger partial charge on any atom is 0.338 e. The number of hydrogen-bond donors (Lipinski definition) is 1. The summed E-state index contributed by atoms with van der Waals surface area (Å²) < 4.78 is 4.59. The third-order valence-electron chi connectivity index (χ3n) is 4.23. The molecule has 0 aliphatic rings. The van der Waals surface area contributed by atoms with Crippen LogP contribution in [-0.4, -0.2) is 28.9 Å². The lowest BCUT2D eigenvalue weighted by Crippen LogP contribution is -2.13. The number of nitro benzene ring substituents is 1. The Kier molecular flexibility index (Phi) is 6.43. The van der Waals surface area contributed by atoms with E-state index in [1.165, 1.54) is 17.4 Å². The van der Waals surface area contributed by atoms with E-state index in [1.807, 2.05) is 25.1 Å². The summed E-state index contributed by atoms with van der Waals surface area (Å²) in [4.78, 5) is 40.2. The van der Waals surface area contributed by atoms with Crippen LogP contribution in [0.2, 0.25) is 5.02 Å². The van der Waals surface area contributed by atoms with E-state index in [1.54, 1.807) is 6.07 Å². The van der Waals surface area contributed by atoms with Crippen molar-refractivity contribution < 1.29 is 19.2 Å². The molecular formula is C20H16ClN3O5S. The van der Waals surface area contributed by atoms with E-state index < -0.39 is 22.5 Å². The number of ether oxygens (including phenoxy) is 1. The number of anilines is 1. The molecule has 3 rings (SSSR count). The van der Waals surface area contributed by atoms with E-state index in [4.69, 9.17) is 11.6 Å². The van der Waals surface area contributed by atoms with Crippen molar-refractivity contribution in [3.8, 4) is 0 Å². The molecule has 0 spiro atoms. The summed E-state index contributed by atoms with van der Waals surface area (Å²) in [7, 11) is 1.15. The summed E-state index contributed by atoms with van der Waals surface area (Å²) in [5.41, 5.74) is 1.14. The molecule has 0 fully saturated rings. The van der Waals surface area contributed by atoms with Crippen molar-refractivity contribution in [2.24, 2.45) is 0 Å². The Hall–Kier alpha value is -3.30. The predicted octanol–water partition coefficient (Wildman–Crippen LogP) is 4.64. The Morgan fingerprint density at radius 1 is 1.23 bits per heavy atom. The number of nitrogens with one attached hydrogen (secondary N) is 1. The molecule has 2 aromatic carbocycles. The van der Waals surface area contributed by atoms with Gasteiger partial charge in [0.25, 0.3) is 11.6 Å². The summed E-state index contributed by atoms with van der Waals surface area (Å²) in [6.45, 7) is 1.82. The van der Waals surface area contributed by atoms with Gasteiger partial charge in [0.15, 0.2) is 5.13 Å². The molecule has 1 N–H and O–H groups in total. The van der Waals surface area contributed by atoms with Crippen LogP contribution in [0.4, 0.5) is 10.8 Å². The Labute approximate surface area is 180 Å². The maximum atomic E-state index is 12.6. The highest BCUT2D eigenvalue weighted by Gasteiger charge is 2.20. The van der Waals surface area contributed by atoms with Gasteiger partial charge in [-0.25, -0.2) is 9.78 Å². The number of methoxy groups -OCH3 is 1. The molecule has 30 heavy (non-hydrogen) atoms. The Morgan fingerprint density at radius 2 is 1.93 bits per heavy atom. The van der Waals surface area contributed by atoms with Crippen molar-refractivity contribution in [1.29, 1.82) is 0 Å². The molecule has 1 aromatic heterocycles. The fourth-order valence-corrected chi connectivity index (χ4v) is 3.90. The van der Waals surface area contributed by atoms with Crippen LogP contribution in [-0.2, 0) is 11.2 Å². The average molecular weight is 446 g/mol. The minimum Gasteiger partial charge on any atom is -0.465 e. The lowest BCUT2D eigenvalue weighted by molar-refractivity contribution is -0.384. The molecule has 0 saturated heterocycles. The largest absolute Gasteiger partial charge is 0.465 e. The number of rotatable bonds is 6. The van der Waals surface area contributed by atoms with Crippen molar-refractivity contribution in [1.82, 2.24) is 4.98 Å². The zero-order valence-electron chi connectivity index (χ0n) is 16.0. The lowest BCUT2D eigenvalue weighted by atomic mass is 10.1. The molecule has 0 saturated carbocycles. The van der Waals surface area contributed by atoms with Gasteiger partial charge in [0.2, 0.25) is 0 Å². The number of aryl methyl sites for hydroxylation is 1. The number of thiazole rings is 1. The Balaban J connectivity index is 1.84. The van der Waals surface area contributed by atoms with E-state index in [9.17, 15) is 19.7 Å². The van der Waals surface area contributed by atoms with Crippen molar-refractivity contribution in [2.75, 3.05) is 12.4 Å². The van der Waals surface area contributed by atoms with Crippen molar-refractivity contribution in [3.63, 3.8) is 0 Å². The summed E-state index contributed by atoms with van der Waals surface area (Å²) in [5.74, 6) is -1.40. The predicted molar refractivity (Wildman–Crippen MR) is 113 cm³/mol. The van der Waals surface area contributed by atoms with Crippen LogP contribution in [0.1, 0.15) is 36.9 Å². The van der Waals surface area contributed by atoms with E-state index in [-0.39, 0.29) is 11.1 Å². The lowest BCUT2D eigenvalue weighted by Gasteiger charge is -2.05. The summed E-state index contributed by atoms with van der Waals surface area (Å²) >= 11 is 7.50. The number of carbonyl (C=O) groups excluding carboxylic acids is 2. The zero-order valence-corrected chi connectivity index (χ0v) is 17.5. The normalized spacial score (nSPS) is 10.5. The molecule has 154 valence electrons. The first-order chi connectivity index (χ1) is 14.3. The molecule has 0 aliphatic heterocycles. The number of aromatic nitrogens is 1. The van der Waals surface area contributed by atoms with Gasteiger partial charge in [-0.2, -0.15) is 0 Å². The maximum absolute atomic E-state index is 12.6. The summed E-state index contributed by atoms with van der Waals surface area (Å²) in [6.07, 6.45) is 0.558. The average Bonchev–Trinajstić information content (AvgIpc) is 3.07. The van der Waals surface area contributed by atoms with Gasteiger partial charge in [0.05, 0.1) is 23.3 Å². The number of carbonyl (C=O) groups is 2. The molecular weight excluding hydrogens is 430 g/mol. The first kappa shape index (κ1) is 21.4.